The van der Waals surface area contributed by atoms with Crippen molar-refractivity contribution in [3.8, 4) is 0 Å². The van der Waals surface area contributed by atoms with Crippen molar-refractivity contribution in [1.29, 1.82) is 0 Å². The fourth-order valence-electron chi connectivity index (χ4n) is 0.691. The molecule has 1 aromatic carbocycles. The van der Waals surface area contributed by atoms with Gasteiger partial charge in [0.15, 0.2) is 0 Å². The molecule has 1 rings (SSSR count). The van der Waals surface area contributed by atoms with Gasteiger partial charge in [-0.25, -0.2) is 4.39 Å². The van der Waals surface area contributed by atoms with E-state index in [1.54, 1.807) is 0 Å². The standard InChI is InChI=1S/C6H2Cl2F2O2S/c7-3-2-6(13(10,11)12)4(8)1-5(3)9/h1-2H. The molecule has 0 bridgehead atoms. The minimum absolute atomic E-state index is 0.499. The van der Waals surface area contributed by atoms with E-state index in [2.05, 4.69) is 0 Å². The molecule has 0 fully saturated rings. The summed E-state index contributed by atoms with van der Waals surface area (Å²) in [5.41, 5.74) is 0. The van der Waals surface area contributed by atoms with E-state index in [1.807, 2.05) is 0 Å². The van der Waals surface area contributed by atoms with Crippen LogP contribution in [-0.2, 0) is 10.2 Å². The van der Waals surface area contributed by atoms with Gasteiger partial charge in [-0.05, 0) is 12.1 Å². The Morgan fingerprint density at radius 2 is 1.69 bits per heavy atom. The van der Waals surface area contributed by atoms with Gasteiger partial charge >= 0.3 is 10.2 Å². The molecule has 0 amide bonds. The SMILES string of the molecule is O=S(=O)(F)c1cc(Cl)c(F)cc1Cl. The third-order valence-corrected chi connectivity index (χ3v) is 2.82. The lowest BCUT2D eigenvalue weighted by Crippen LogP contribution is -1.94. The monoisotopic (exact) mass is 246 g/mol. The van der Waals surface area contributed by atoms with Crippen LogP contribution in [0.5, 0.6) is 0 Å². The smallest absolute Gasteiger partial charge is 0.205 e. The lowest BCUT2D eigenvalue weighted by atomic mass is 10.3. The highest BCUT2D eigenvalue weighted by Gasteiger charge is 2.18. The quantitative estimate of drug-likeness (QED) is 0.564. The van der Waals surface area contributed by atoms with Gasteiger partial charge in [-0.3, -0.25) is 0 Å². The average Bonchev–Trinajstić information content (AvgIpc) is 1.94. The minimum Gasteiger partial charge on any atom is -0.205 e. The Hall–Kier alpha value is -0.390. The molecule has 0 unspecified atom stereocenters. The van der Waals surface area contributed by atoms with Gasteiger partial charge in [-0.1, -0.05) is 23.2 Å². The maximum Gasteiger partial charge on any atom is 0.333 e. The Morgan fingerprint density at radius 3 is 2.15 bits per heavy atom. The molecular weight excluding hydrogens is 245 g/mol. The molecule has 1 aromatic rings. The summed E-state index contributed by atoms with van der Waals surface area (Å²) in [5, 5.41) is -1.04. The molecule has 0 N–H and O–H groups in total. The van der Waals surface area contributed by atoms with Crippen molar-refractivity contribution in [2.45, 2.75) is 4.90 Å². The number of hydrogen-bond acceptors (Lipinski definition) is 2. The average molecular weight is 247 g/mol. The zero-order valence-electron chi connectivity index (χ0n) is 5.89. The van der Waals surface area contributed by atoms with Crippen LogP contribution in [0.15, 0.2) is 17.0 Å². The molecule has 72 valence electrons. The lowest BCUT2D eigenvalue weighted by molar-refractivity contribution is 0.551. The Morgan fingerprint density at radius 1 is 1.15 bits per heavy atom. The molecule has 0 aliphatic carbocycles. The normalized spacial score (nSPS) is 11.7. The van der Waals surface area contributed by atoms with Crippen LogP contribution < -0.4 is 0 Å². The molecule has 0 aliphatic heterocycles. The zero-order chi connectivity index (χ0) is 10.2. The number of rotatable bonds is 1. The van der Waals surface area contributed by atoms with Crippen LogP contribution in [0.2, 0.25) is 10.0 Å². The number of halogens is 4. The maximum absolute atomic E-state index is 12.6. The summed E-state index contributed by atoms with van der Waals surface area (Å²) < 4.78 is 45.8. The number of benzene rings is 1. The van der Waals surface area contributed by atoms with Crippen molar-refractivity contribution >= 4 is 33.4 Å². The van der Waals surface area contributed by atoms with Gasteiger partial charge in [0.2, 0.25) is 0 Å². The highest BCUT2D eigenvalue weighted by atomic mass is 35.5. The second-order valence-electron chi connectivity index (χ2n) is 2.13. The summed E-state index contributed by atoms with van der Waals surface area (Å²) in [7, 11) is -4.96. The largest absolute Gasteiger partial charge is 0.333 e. The minimum atomic E-state index is -4.96. The number of hydrogen-bond donors (Lipinski definition) is 0. The summed E-state index contributed by atoms with van der Waals surface area (Å²) >= 11 is 10.5. The van der Waals surface area contributed by atoms with Crippen molar-refractivity contribution in [3.63, 3.8) is 0 Å². The van der Waals surface area contributed by atoms with E-state index >= 15 is 0 Å². The molecular formula is C6H2Cl2F2O2S. The topological polar surface area (TPSA) is 34.1 Å². The summed E-state index contributed by atoms with van der Waals surface area (Å²) in [5.74, 6) is -0.904. The van der Waals surface area contributed by atoms with E-state index in [0.717, 1.165) is 0 Å². The van der Waals surface area contributed by atoms with Gasteiger partial charge < -0.3 is 0 Å². The van der Waals surface area contributed by atoms with E-state index < -0.39 is 31.0 Å². The van der Waals surface area contributed by atoms with Gasteiger partial charge in [0.1, 0.15) is 10.7 Å². The van der Waals surface area contributed by atoms with Crippen LogP contribution in [0.4, 0.5) is 8.28 Å². The van der Waals surface area contributed by atoms with Crippen LogP contribution in [0.3, 0.4) is 0 Å². The van der Waals surface area contributed by atoms with E-state index in [0.29, 0.717) is 12.1 Å². The van der Waals surface area contributed by atoms with Gasteiger partial charge in [0.25, 0.3) is 0 Å². The third-order valence-electron chi connectivity index (χ3n) is 1.24. The molecule has 0 spiro atoms. The molecule has 0 radical (unpaired) electrons. The summed E-state index contributed by atoms with van der Waals surface area (Å²) in [6.45, 7) is 0. The van der Waals surface area contributed by atoms with Crippen LogP contribution >= 0.6 is 23.2 Å². The molecule has 0 aromatic heterocycles. The molecule has 7 heteroatoms. The van der Waals surface area contributed by atoms with E-state index in [4.69, 9.17) is 23.2 Å². The molecule has 0 heterocycles. The van der Waals surface area contributed by atoms with E-state index in [1.165, 1.54) is 0 Å². The van der Waals surface area contributed by atoms with Crippen molar-refractivity contribution in [3.05, 3.63) is 28.0 Å². The van der Waals surface area contributed by atoms with E-state index in [-0.39, 0.29) is 0 Å². The first kappa shape index (κ1) is 10.7. The Balaban J connectivity index is 3.50. The molecule has 0 aliphatic rings. The van der Waals surface area contributed by atoms with Crippen molar-refractivity contribution in [1.82, 2.24) is 0 Å². The fraction of sp³-hybridized carbons (Fsp3) is 0. The molecule has 0 atom stereocenters. The Kier molecular flexibility index (Phi) is 2.79. The highest BCUT2D eigenvalue weighted by molar-refractivity contribution is 7.86. The van der Waals surface area contributed by atoms with Crippen molar-refractivity contribution in [2.24, 2.45) is 0 Å². The molecule has 2 nitrogen and oxygen atoms in total. The third kappa shape index (κ3) is 2.30. The zero-order valence-corrected chi connectivity index (χ0v) is 8.22. The second-order valence-corrected chi connectivity index (χ2v) is 4.26. The summed E-state index contributed by atoms with van der Waals surface area (Å²) in [6.07, 6.45) is 0. The maximum atomic E-state index is 12.6. The fourth-order valence-corrected chi connectivity index (χ4v) is 1.90. The second kappa shape index (κ2) is 3.40. The Labute approximate surface area is 83.3 Å². The van der Waals surface area contributed by atoms with Crippen molar-refractivity contribution in [2.75, 3.05) is 0 Å². The highest BCUT2D eigenvalue weighted by Crippen LogP contribution is 2.28. The first-order valence-corrected chi connectivity index (χ1v) is 5.05. The van der Waals surface area contributed by atoms with Gasteiger partial charge in [0.05, 0.1) is 10.0 Å². The van der Waals surface area contributed by atoms with Gasteiger partial charge in [-0.2, -0.15) is 8.42 Å². The summed E-state index contributed by atoms with van der Waals surface area (Å²) in [6, 6.07) is 1.25. The van der Waals surface area contributed by atoms with Crippen LogP contribution in [0.1, 0.15) is 0 Å². The molecule has 0 saturated heterocycles. The molecule has 0 saturated carbocycles. The van der Waals surface area contributed by atoms with Crippen LogP contribution in [0.25, 0.3) is 0 Å². The van der Waals surface area contributed by atoms with Crippen LogP contribution in [0, 0.1) is 5.82 Å². The van der Waals surface area contributed by atoms with Crippen molar-refractivity contribution < 1.29 is 16.7 Å². The first-order valence-electron chi connectivity index (χ1n) is 2.91. The molecule has 13 heavy (non-hydrogen) atoms. The first-order chi connectivity index (χ1) is 5.82. The van der Waals surface area contributed by atoms with Gasteiger partial charge in [-0.15, -0.1) is 3.89 Å². The Bertz CT molecular complexity index is 444. The van der Waals surface area contributed by atoms with Crippen LogP contribution in [-0.4, -0.2) is 8.42 Å². The predicted octanol–water partition coefficient (Wildman–Crippen LogP) is 2.79. The lowest BCUT2D eigenvalue weighted by Gasteiger charge is -2.00. The predicted molar refractivity (Wildman–Crippen MR) is 44.7 cm³/mol. The van der Waals surface area contributed by atoms with Gasteiger partial charge in [0, 0.05) is 0 Å². The van der Waals surface area contributed by atoms with E-state index in [9.17, 15) is 16.7 Å². The summed E-state index contributed by atoms with van der Waals surface area (Å²) in [4.78, 5) is -0.833.